The van der Waals surface area contributed by atoms with Crippen molar-refractivity contribution in [2.24, 2.45) is 0 Å². The lowest BCUT2D eigenvalue weighted by Gasteiger charge is -2.14. The zero-order valence-electron chi connectivity index (χ0n) is 10.9. The molecule has 2 aromatic carbocycles. The van der Waals surface area contributed by atoms with Crippen LogP contribution in [0.4, 0.5) is 0 Å². The minimum absolute atomic E-state index is 0.355. The maximum atomic E-state index is 5.14. The van der Waals surface area contributed by atoms with Gasteiger partial charge in [-0.2, -0.15) is 0 Å². The van der Waals surface area contributed by atoms with Crippen molar-refractivity contribution in [2.45, 2.75) is 19.5 Å². The van der Waals surface area contributed by atoms with Gasteiger partial charge in [-0.05, 0) is 30.2 Å². The minimum Gasteiger partial charge on any atom is -0.497 e. The number of nitrogens with one attached hydrogen (secondary N) is 1. The molecule has 0 unspecified atom stereocenters. The van der Waals surface area contributed by atoms with Crippen LogP contribution in [0.3, 0.4) is 0 Å². The molecule has 0 aliphatic heterocycles. The second-order valence-electron chi connectivity index (χ2n) is 4.36. The SMILES string of the molecule is COc1ccc(CN[C@H](C)c2ccccc2)cc1. The van der Waals surface area contributed by atoms with Crippen molar-refractivity contribution in [3.8, 4) is 5.75 Å². The monoisotopic (exact) mass is 241 g/mol. The summed E-state index contributed by atoms with van der Waals surface area (Å²) >= 11 is 0. The van der Waals surface area contributed by atoms with E-state index in [1.165, 1.54) is 11.1 Å². The molecule has 2 heteroatoms. The summed E-state index contributed by atoms with van der Waals surface area (Å²) in [5.74, 6) is 0.898. The van der Waals surface area contributed by atoms with Crippen molar-refractivity contribution in [3.63, 3.8) is 0 Å². The summed E-state index contributed by atoms with van der Waals surface area (Å²) < 4.78 is 5.14. The molecule has 18 heavy (non-hydrogen) atoms. The standard InChI is InChI=1S/C16H19NO/c1-13(15-6-4-3-5-7-15)17-12-14-8-10-16(18-2)11-9-14/h3-11,13,17H,12H2,1-2H3/t13-/m1/s1. The molecule has 2 aromatic rings. The fraction of sp³-hybridized carbons (Fsp3) is 0.250. The topological polar surface area (TPSA) is 21.3 Å². The molecule has 2 nitrogen and oxygen atoms in total. The summed E-state index contributed by atoms with van der Waals surface area (Å²) in [6.45, 7) is 3.04. The second kappa shape index (κ2) is 6.22. The quantitative estimate of drug-likeness (QED) is 0.864. The van der Waals surface area contributed by atoms with Crippen LogP contribution in [-0.4, -0.2) is 7.11 Å². The number of rotatable bonds is 5. The number of hydrogen-bond acceptors (Lipinski definition) is 2. The lowest BCUT2D eigenvalue weighted by atomic mass is 10.1. The van der Waals surface area contributed by atoms with Crippen LogP contribution in [0.5, 0.6) is 5.75 Å². The first-order valence-corrected chi connectivity index (χ1v) is 6.21. The van der Waals surface area contributed by atoms with Crippen LogP contribution in [0.25, 0.3) is 0 Å². The van der Waals surface area contributed by atoms with Crippen molar-refractivity contribution in [1.82, 2.24) is 5.32 Å². The largest absolute Gasteiger partial charge is 0.497 e. The molecule has 0 fully saturated rings. The Labute approximate surface area is 109 Å². The van der Waals surface area contributed by atoms with Crippen molar-refractivity contribution in [1.29, 1.82) is 0 Å². The molecule has 1 N–H and O–H groups in total. The molecule has 94 valence electrons. The van der Waals surface area contributed by atoms with E-state index < -0.39 is 0 Å². The zero-order chi connectivity index (χ0) is 12.8. The lowest BCUT2D eigenvalue weighted by molar-refractivity contribution is 0.414. The lowest BCUT2D eigenvalue weighted by Crippen LogP contribution is -2.17. The third-order valence-corrected chi connectivity index (χ3v) is 3.07. The van der Waals surface area contributed by atoms with E-state index >= 15 is 0 Å². The molecule has 0 radical (unpaired) electrons. The first-order valence-electron chi connectivity index (χ1n) is 6.21. The van der Waals surface area contributed by atoms with Gasteiger partial charge in [0, 0.05) is 12.6 Å². The highest BCUT2D eigenvalue weighted by Gasteiger charge is 2.03. The predicted molar refractivity (Wildman–Crippen MR) is 74.7 cm³/mol. The Morgan fingerprint density at radius 2 is 1.67 bits per heavy atom. The number of ether oxygens (including phenoxy) is 1. The fourth-order valence-corrected chi connectivity index (χ4v) is 1.87. The highest BCUT2D eigenvalue weighted by molar-refractivity contribution is 5.27. The maximum absolute atomic E-state index is 5.14. The van der Waals surface area contributed by atoms with Crippen LogP contribution in [0, 0.1) is 0 Å². The molecular weight excluding hydrogens is 222 g/mol. The van der Waals surface area contributed by atoms with Crippen LogP contribution in [0.1, 0.15) is 24.1 Å². The minimum atomic E-state index is 0.355. The molecule has 0 heterocycles. The third kappa shape index (κ3) is 3.34. The molecule has 0 aliphatic carbocycles. The summed E-state index contributed by atoms with van der Waals surface area (Å²) in [6.07, 6.45) is 0. The van der Waals surface area contributed by atoms with Crippen LogP contribution in [-0.2, 0) is 6.54 Å². The predicted octanol–water partition coefficient (Wildman–Crippen LogP) is 3.55. The first kappa shape index (κ1) is 12.7. The summed E-state index contributed by atoms with van der Waals surface area (Å²) in [5, 5.41) is 3.51. The van der Waals surface area contributed by atoms with Gasteiger partial charge in [0.25, 0.3) is 0 Å². The highest BCUT2D eigenvalue weighted by Crippen LogP contribution is 2.14. The summed E-state index contributed by atoms with van der Waals surface area (Å²) in [4.78, 5) is 0. The maximum Gasteiger partial charge on any atom is 0.118 e. The Kier molecular flexibility index (Phi) is 4.37. The van der Waals surface area contributed by atoms with E-state index in [9.17, 15) is 0 Å². The van der Waals surface area contributed by atoms with Crippen molar-refractivity contribution in [2.75, 3.05) is 7.11 Å². The highest BCUT2D eigenvalue weighted by atomic mass is 16.5. The normalized spacial score (nSPS) is 12.1. The molecule has 2 rings (SSSR count). The molecule has 0 saturated carbocycles. The van der Waals surface area contributed by atoms with E-state index in [4.69, 9.17) is 4.74 Å². The van der Waals surface area contributed by atoms with Gasteiger partial charge in [0.15, 0.2) is 0 Å². The Bertz CT molecular complexity index is 464. The van der Waals surface area contributed by atoms with Crippen LogP contribution >= 0.6 is 0 Å². The zero-order valence-corrected chi connectivity index (χ0v) is 10.9. The van der Waals surface area contributed by atoms with Crippen LogP contribution in [0.15, 0.2) is 54.6 Å². The van der Waals surface area contributed by atoms with Crippen LogP contribution in [0.2, 0.25) is 0 Å². The van der Waals surface area contributed by atoms with Crippen molar-refractivity contribution in [3.05, 3.63) is 65.7 Å². The van der Waals surface area contributed by atoms with E-state index in [2.05, 4.69) is 48.6 Å². The first-order chi connectivity index (χ1) is 8.79. The van der Waals surface area contributed by atoms with E-state index in [1.807, 2.05) is 18.2 Å². The summed E-state index contributed by atoms with van der Waals surface area (Å²) in [7, 11) is 1.69. The Hall–Kier alpha value is -1.80. The molecule has 0 aromatic heterocycles. The molecule has 1 atom stereocenters. The average Bonchev–Trinajstić information content (AvgIpc) is 2.46. The number of methoxy groups -OCH3 is 1. The molecular formula is C16H19NO. The van der Waals surface area contributed by atoms with Crippen molar-refractivity contribution >= 4 is 0 Å². The van der Waals surface area contributed by atoms with Gasteiger partial charge in [-0.3, -0.25) is 0 Å². The van der Waals surface area contributed by atoms with Gasteiger partial charge in [0.2, 0.25) is 0 Å². The van der Waals surface area contributed by atoms with E-state index in [0.29, 0.717) is 6.04 Å². The fourth-order valence-electron chi connectivity index (χ4n) is 1.87. The summed E-state index contributed by atoms with van der Waals surface area (Å²) in [6, 6.07) is 19.0. The molecule has 0 spiro atoms. The van der Waals surface area contributed by atoms with Gasteiger partial charge < -0.3 is 10.1 Å². The molecule has 0 saturated heterocycles. The van der Waals surface area contributed by atoms with E-state index in [-0.39, 0.29) is 0 Å². The van der Waals surface area contributed by atoms with Gasteiger partial charge >= 0.3 is 0 Å². The molecule has 0 aliphatic rings. The number of benzene rings is 2. The van der Waals surface area contributed by atoms with E-state index in [0.717, 1.165) is 12.3 Å². The second-order valence-corrected chi connectivity index (χ2v) is 4.36. The summed E-state index contributed by atoms with van der Waals surface area (Å²) in [5.41, 5.74) is 2.57. The van der Waals surface area contributed by atoms with Crippen LogP contribution < -0.4 is 10.1 Å². The molecule has 0 bridgehead atoms. The van der Waals surface area contributed by atoms with Gasteiger partial charge in [0.1, 0.15) is 5.75 Å². The Morgan fingerprint density at radius 3 is 2.28 bits per heavy atom. The number of hydrogen-bond donors (Lipinski definition) is 1. The third-order valence-electron chi connectivity index (χ3n) is 3.07. The Balaban J connectivity index is 1.91. The van der Waals surface area contributed by atoms with Gasteiger partial charge in [0.05, 0.1) is 7.11 Å². The average molecular weight is 241 g/mol. The van der Waals surface area contributed by atoms with Gasteiger partial charge in [-0.25, -0.2) is 0 Å². The van der Waals surface area contributed by atoms with Crippen molar-refractivity contribution < 1.29 is 4.74 Å². The molecule has 0 amide bonds. The van der Waals surface area contributed by atoms with Gasteiger partial charge in [-0.1, -0.05) is 42.5 Å². The Morgan fingerprint density at radius 1 is 1.00 bits per heavy atom. The van der Waals surface area contributed by atoms with E-state index in [1.54, 1.807) is 7.11 Å². The van der Waals surface area contributed by atoms with Gasteiger partial charge in [-0.15, -0.1) is 0 Å². The smallest absolute Gasteiger partial charge is 0.118 e.